The summed E-state index contributed by atoms with van der Waals surface area (Å²) in [5.41, 5.74) is 1.14. The van der Waals surface area contributed by atoms with Gasteiger partial charge in [-0.2, -0.15) is 0 Å². The van der Waals surface area contributed by atoms with Crippen LogP contribution in [0.5, 0.6) is 0 Å². The van der Waals surface area contributed by atoms with E-state index >= 15 is 0 Å². The summed E-state index contributed by atoms with van der Waals surface area (Å²) in [4.78, 5) is 12.1. The molecule has 5 nitrogen and oxygen atoms in total. The van der Waals surface area contributed by atoms with Crippen LogP contribution in [0.25, 0.3) is 10.9 Å². The maximum atomic E-state index is 12.1. The van der Waals surface area contributed by atoms with Crippen LogP contribution in [0.4, 0.5) is 10.5 Å². The quantitative estimate of drug-likeness (QED) is 0.791. The van der Waals surface area contributed by atoms with Gasteiger partial charge in [-0.15, -0.1) is 0 Å². The highest BCUT2D eigenvalue weighted by Crippen LogP contribution is 2.21. The molecule has 0 bridgehead atoms. The molecule has 1 aromatic carbocycles. The molecule has 2 N–H and O–H groups in total. The van der Waals surface area contributed by atoms with Gasteiger partial charge >= 0.3 is 6.09 Å². The van der Waals surface area contributed by atoms with Gasteiger partial charge in [0.05, 0.1) is 5.52 Å². The lowest BCUT2D eigenvalue weighted by Crippen LogP contribution is -2.26. The number of ether oxygens (including phenoxy) is 1. The van der Waals surface area contributed by atoms with Crippen LogP contribution < -0.4 is 10.6 Å². The first-order valence-electron chi connectivity index (χ1n) is 6.63. The van der Waals surface area contributed by atoms with Gasteiger partial charge in [-0.05, 0) is 57.3 Å². The lowest BCUT2D eigenvalue weighted by Gasteiger charge is -2.19. The highest BCUT2D eigenvalue weighted by Gasteiger charge is 2.18. The number of thiocarbonyl (C=S) groups is 1. The fourth-order valence-electron chi connectivity index (χ4n) is 1.88. The van der Waals surface area contributed by atoms with Gasteiger partial charge in [0.25, 0.3) is 0 Å². The molecule has 6 heteroatoms. The van der Waals surface area contributed by atoms with Crippen molar-refractivity contribution in [2.24, 2.45) is 0 Å². The predicted octanol–water partition coefficient (Wildman–Crippen LogP) is 3.34. The minimum atomic E-state index is -0.520. The van der Waals surface area contributed by atoms with Crippen LogP contribution in [0.3, 0.4) is 0 Å². The molecule has 0 fully saturated rings. The summed E-state index contributed by atoms with van der Waals surface area (Å²) in [7, 11) is 1.76. The van der Waals surface area contributed by atoms with Gasteiger partial charge < -0.3 is 15.4 Å². The lowest BCUT2D eigenvalue weighted by atomic mass is 10.2. The molecule has 0 spiro atoms. The summed E-state index contributed by atoms with van der Waals surface area (Å²) in [6.45, 7) is 5.53. The van der Waals surface area contributed by atoms with Crippen LogP contribution in [0.1, 0.15) is 20.8 Å². The number of aromatic nitrogens is 1. The van der Waals surface area contributed by atoms with Crippen molar-refractivity contribution in [2.75, 3.05) is 12.4 Å². The van der Waals surface area contributed by atoms with Crippen LogP contribution in [0.2, 0.25) is 0 Å². The van der Waals surface area contributed by atoms with Crippen LogP contribution in [-0.2, 0) is 4.74 Å². The molecule has 21 heavy (non-hydrogen) atoms. The molecule has 0 saturated heterocycles. The van der Waals surface area contributed by atoms with Crippen molar-refractivity contribution in [3.8, 4) is 0 Å². The Morgan fingerprint density at radius 3 is 2.62 bits per heavy atom. The Morgan fingerprint density at radius 1 is 1.29 bits per heavy atom. The molecule has 0 aliphatic rings. The summed E-state index contributed by atoms with van der Waals surface area (Å²) < 4.78 is 6.88. The van der Waals surface area contributed by atoms with Gasteiger partial charge in [-0.25, -0.2) is 4.79 Å². The Labute approximate surface area is 129 Å². The Hall–Kier alpha value is -2.08. The third-order valence-electron chi connectivity index (χ3n) is 2.77. The van der Waals surface area contributed by atoms with Crippen LogP contribution in [0, 0.1) is 0 Å². The second kappa shape index (κ2) is 5.73. The van der Waals surface area contributed by atoms with E-state index in [2.05, 4.69) is 10.6 Å². The number of carbonyl (C=O) groups excluding carboxylic acids is 1. The molecule has 1 heterocycles. The molecule has 0 aliphatic heterocycles. The number of rotatable bonds is 1. The van der Waals surface area contributed by atoms with Crippen molar-refractivity contribution in [3.05, 3.63) is 30.5 Å². The molecule has 112 valence electrons. The summed E-state index contributed by atoms with van der Waals surface area (Å²) in [6.07, 6.45) is 1.32. The fourth-order valence-corrected chi connectivity index (χ4v) is 2.00. The summed E-state index contributed by atoms with van der Waals surface area (Å²) >= 11 is 5.06. The zero-order valence-corrected chi connectivity index (χ0v) is 13.4. The first kappa shape index (κ1) is 15.3. The smallest absolute Gasteiger partial charge is 0.418 e. The van der Waals surface area contributed by atoms with Crippen LogP contribution >= 0.6 is 12.2 Å². The molecule has 2 aromatic rings. The number of nitrogens with one attached hydrogen (secondary N) is 2. The Morgan fingerprint density at radius 2 is 2.00 bits per heavy atom. The number of carbonyl (C=O) groups is 1. The highest BCUT2D eigenvalue weighted by molar-refractivity contribution is 7.80. The number of nitrogens with zero attached hydrogens (tertiary/aromatic N) is 1. The van der Waals surface area contributed by atoms with Crippen LogP contribution in [-0.4, -0.2) is 28.4 Å². The van der Waals surface area contributed by atoms with E-state index in [0.717, 1.165) is 16.6 Å². The van der Waals surface area contributed by atoms with Crippen LogP contribution in [0.15, 0.2) is 30.5 Å². The van der Waals surface area contributed by atoms with Gasteiger partial charge in [-0.3, -0.25) is 4.57 Å². The lowest BCUT2D eigenvalue weighted by molar-refractivity contribution is 0.0544. The number of hydrogen-bond acceptors (Lipinski definition) is 3. The second-order valence-corrected chi connectivity index (χ2v) is 6.05. The number of fused-ring (bicyclic) bond motifs is 1. The topological polar surface area (TPSA) is 55.3 Å². The van der Waals surface area contributed by atoms with Gasteiger partial charge in [0.2, 0.25) is 0 Å². The summed E-state index contributed by atoms with van der Waals surface area (Å²) in [5, 5.41) is 7.38. The number of hydrogen-bond donors (Lipinski definition) is 2. The van der Waals surface area contributed by atoms with Gasteiger partial charge in [0.15, 0.2) is 5.11 Å². The van der Waals surface area contributed by atoms with E-state index in [4.69, 9.17) is 17.0 Å². The normalized spacial score (nSPS) is 11.2. The van der Waals surface area contributed by atoms with Crippen molar-refractivity contribution in [3.63, 3.8) is 0 Å². The molecule has 0 radical (unpaired) electrons. The number of benzene rings is 1. The monoisotopic (exact) mass is 305 g/mol. The van der Waals surface area contributed by atoms with E-state index in [1.54, 1.807) is 13.2 Å². The van der Waals surface area contributed by atoms with Gasteiger partial charge in [0.1, 0.15) is 5.60 Å². The van der Waals surface area contributed by atoms with E-state index in [1.807, 2.05) is 45.0 Å². The van der Waals surface area contributed by atoms with Crippen molar-refractivity contribution < 1.29 is 9.53 Å². The summed E-state index contributed by atoms with van der Waals surface area (Å²) in [5.74, 6) is 0. The third-order valence-corrected chi connectivity index (χ3v) is 3.07. The zero-order chi connectivity index (χ0) is 15.6. The van der Waals surface area contributed by atoms with Crippen molar-refractivity contribution in [2.45, 2.75) is 26.4 Å². The van der Waals surface area contributed by atoms with Crippen molar-refractivity contribution >= 4 is 40.0 Å². The minimum absolute atomic E-state index is 0.385. The Bertz CT molecular complexity index is 686. The maximum Gasteiger partial charge on any atom is 0.418 e. The molecular weight excluding hydrogens is 286 g/mol. The Balaban J connectivity index is 2.29. The first-order valence-corrected chi connectivity index (χ1v) is 7.04. The Kier molecular flexibility index (Phi) is 4.18. The molecule has 0 aliphatic carbocycles. The third kappa shape index (κ3) is 3.72. The average Bonchev–Trinajstić information content (AvgIpc) is 2.79. The van der Waals surface area contributed by atoms with E-state index in [1.165, 1.54) is 4.57 Å². The zero-order valence-electron chi connectivity index (χ0n) is 12.6. The predicted molar refractivity (Wildman–Crippen MR) is 88.9 cm³/mol. The SMILES string of the molecule is CNC(=S)Nc1ccc2c(ccn2C(=O)OC(C)(C)C)c1. The molecule has 1 aromatic heterocycles. The average molecular weight is 305 g/mol. The van der Waals surface area contributed by atoms with Gasteiger partial charge in [-0.1, -0.05) is 0 Å². The second-order valence-electron chi connectivity index (χ2n) is 5.64. The molecule has 0 atom stereocenters. The van der Waals surface area contributed by atoms with E-state index in [-0.39, 0.29) is 6.09 Å². The van der Waals surface area contributed by atoms with E-state index in [0.29, 0.717) is 5.11 Å². The van der Waals surface area contributed by atoms with Crippen molar-refractivity contribution in [1.82, 2.24) is 9.88 Å². The molecule has 0 unspecified atom stereocenters. The number of anilines is 1. The highest BCUT2D eigenvalue weighted by atomic mass is 32.1. The molecular formula is C15H19N3O2S. The largest absolute Gasteiger partial charge is 0.443 e. The minimum Gasteiger partial charge on any atom is -0.443 e. The molecule has 0 amide bonds. The van der Waals surface area contributed by atoms with Gasteiger partial charge in [0, 0.05) is 24.3 Å². The standard InChI is InChI=1S/C15H19N3O2S/c1-15(2,3)20-14(19)18-8-7-10-9-11(5-6-12(10)18)17-13(21)16-4/h5-9H,1-4H3,(H2,16,17,21). The fraction of sp³-hybridized carbons (Fsp3) is 0.333. The first-order chi connectivity index (χ1) is 9.80. The maximum absolute atomic E-state index is 12.1. The molecule has 0 saturated carbocycles. The summed E-state index contributed by atoms with van der Waals surface area (Å²) in [6, 6.07) is 7.53. The molecule has 2 rings (SSSR count). The van der Waals surface area contributed by atoms with E-state index in [9.17, 15) is 4.79 Å². The van der Waals surface area contributed by atoms with Crippen molar-refractivity contribution in [1.29, 1.82) is 0 Å². The van der Waals surface area contributed by atoms with E-state index < -0.39 is 5.60 Å².